The number of carbonyl (C=O) groups excluding carboxylic acids is 4. The zero-order chi connectivity index (χ0) is 25.6. The van der Waals surface area contributed by atoms with Crippen LogP contribution in [0.3, 0.4) is 0 Å². The molecule has 9 nitrogen and oxygen atoms in total. The summed E-state index contributed by atoms with van der Waals surface area (Å²) < 4.78 is 0. The maximum Gasteiger partial charge on any atom is 0.243 e. The molecule has 35 heavy (non-hydrogen) atoms. The molecule has 0 radical (unpaired) electrons. The predicted octanol–water partition coefficient (Wildman–Crippen LogP) is 0.560. The maximum atomic E-state index is 13.2. The molecule has 2 rings (SSSR count). The highest BCUT2D eigenvalue weighted by Crippen LogP contribution is 2.08. The topological polar surface area (TPSA) is 156 Å². The van der Waals surface area contributed by atoms with Gasteiger partial charge in [0.15, 0.2) is 0 Å². The fourth-order valence-electron chi connectivity index (χ4n) is 3.69. The number of unbranched alkanes of at least 4 members (excludes halogenated alkanes) is 1. The van der Waals surface area contributed by atoms with Crippen molar-refractivity contribution in [1.82, 2.24) is 16.0 Å². The first-order valence-corrected chi connectivity index (χ1v) is 11.7. The molecule has 7 N–H and O–H groups in total. The average molecular weight is 482 g/mol. The first-order valence-electron chi connectivity index (χ1n) is 11.7. The summed E-state index contributed by atoms with van der Waals surface area (Å²) in [6.45, 7) is 1.80. The van der Waals surface area contributed by atoms with E-state index in [4.69, 9.17) is 11.5 Å². The molecule has 2 aromatic carbocycles. The second-order valence-electron chi connectivity index (χ2n) is 8.44. The molecular weight excluding hydrogens is 446 g/mol. The van der Waals surface area contributed by atoms with Crippen LogP contribution in [0.15, 0.2) is 60.7 Å². The van der Waals surface area contributed by atoms with Gasteiger partial charge in [-0.15, -0.1) is 0 Å². The van der Waals surface area contributed by atoms with E-state index in [0.717, 1.165) is 11.1 Å². The molecule has 3 atom stereocenters. The maximum absolute atomic E-state index is 13.2. The highest BCUT2D eigenvalue weighted by molar-refractivity contribution is 5.94. The second-order valence-corrected chi connectivity index (χ2v) is 8.44. The van der Waals surface area contributed by atoms with Crippen LogP contribution in [0.25, 0.3) is 0 Å². The van der Waals surface area contributed by atoms with Gasteiger partial charge in [0.2, 0.25) is 23.6 Å². The molecule has 0 aliphatic rings. The van der Waals surface area contributed by atoms with Gasteiger partial charge in [0.1, 0.15) is 18.1 Å². The smallest absolute Gasteiger partial charge is 0.243 e. The van der Waals surface area contributed by atoms with Gasteiger partial charge in [-0.05, 0) is 36.9 Å². The number of amides is 4. The number of hydrogen-bond donors (Lipinski definition) is 5. The van der Waals surface area contributed by atoms with Crippen LogP contribution >= 0.6 is 0 Å². The molecule has 0 saturated carbocycles. The lowest BCUT2D eigenvalue weighted by Gasteiger charge is -2.25. The molecule has 0 bridgehead atoms. The van der Waals surface area contributed by atoms with Crippen LogP contribution in [0.2, 0.25) is 0 Å². The Balaban J connectivity index is 2.20. The Morgan fingerprint density at radius 2 is 1.17 bits per heavy atom. The van der Waals surface area contributed by atoms with E-state index in [1.54, 1.807) is 0 Å². The summed E-state index contributed by atoms with van der Waals surface area (Å²) in [6, 6.07) is 15.7. The molecule has 0 spiro atoms. The van der Waals surface area contributed by atoms with Crippen molar-refractivity contribution < 1.29 is 19.2 Å². The van der Waals surface area contributed by atoms with Crippen molar-refractivity contribution in [2.75, 3.05) is 6.54 Å². The molecule has 0 aromatic heterocycles. The van der Waals surface area contributed by atoms with Gasteiger partial charge < -0.3 is 27.4 Å². The van der Waals surface area contributed by atoms with Gasteiger partial charge in [0.05, 0.1) is 0 Å². The normalized spacial score (nSPS) is 13.2. The lowest BCUT2D eigenvalue weighted by Crippen LogP contribution is -2.57. The van der Waals surface area contributed by atoms with Gasteiger partial charge in [-0.25, -0.2) is 0 Å². The van der Waals surface area contributed by atoms with Crippen LogP contribution in [0.1, 0.15) is 37.3 Å². The third-order valence-electron chi connectivity index (χ3n) is 5.50. The van der Waals surface area contributed by atoms with Crippen molar-refractivity contribution in [1.29, 1.82) is 0 Å². The van der Waals surface area contributed by atoms with Gasteiger partial charge in [-0.3, -0.25) is 19.2 Å². The summed E-state index contributed by atoms with van der Waals surface area (Å²) in [4.78, 5) is 50.1. The van der Waals surface area contributed by atoms with Gasteiger partial charge in [-0.2, -0.15) is 0 Å². The van der Waals surface area contributed by atoms with E-state index in [0.29, 0.717) is 25.8 Å². The molecule has 0 aliphatic carbocycles. The van der Waals surface area contributed by atoms with E-state index in [-0.39, 0.29) is 18.7 Å². The minimum absolute atomic E-state index is 0.199. The summed E-state index contributed by atoms with van der Waals surface area (Å²) >= 11 is 0. The molecular formula is C26H35N5O4. The number of primary amides is 1. The van der Waals surface area contributed by atoms with Crippen molar-refractivity contribution >= 4 is 23.6 Å². The van der Waals surface area contributed by atoms with Gasteiger partial charge in [0, 0.05) is 19.8 Å². The lowest BCUT2D eigenvalue weighted by molar-refractivity contribution is -0.133. The van der Waals surface area contributed by atoms with E-state index in [2.05, 4.69) is 16.0 Å². The molecule has 0 fully saturated rings. The minimum Gasteiger partial charge on any atom is -0.368 e. The van der Waals surface area contributed by atoms with Crippen molar-refractivity contribution in [3.05, 3.63) is 71.8 Å². The van der Waals surface area contributed by atoms with E-state index in [1.165, 1.54) is 6.92 Å². The third kappa shape index (κ3) is 9.97. The van der Waals surface area contributed by atoms with Crippen LogP contribution in [0.5, 0.6) is 0 Å². The number of nitrogens with one attached hydrogen (secondary N) is 3. The summed E-state index contributed by atoms with van der Waals surface area (Å²) in [6.07, 6.45) is 2.13. The average Bonchev–Trinajstić information content (AvgIpc) is 2.83. The van der Waals surface area contributed by atoms with Crippen molar-refractivity contribution in [3.63, 3.8) is 0 Å². The zero-order valence-electron chi connectivity index (χ0n) is 20.0. The van der Waals surface area contributed by atoms with Crippen molar-refractivity contribution in [2.45, 2.75) is 57.2 Å². The van der Waals surface area contributed by atoms with Gasteiger partial charge >= 0.3 is 0 Å². The Labute approximate surface area is 206 Å². The van der Waals surface area contributed by atoms with E-state index < -0.39 is 35.8 Å². The minimum atomic E-state index is -0.978. The Morgan fingerprint density at radius 3 is 1.60 bits per heavy atom. The van der Waals surface area contributed by atoms with Crippen LogP contribution in [0, 0.1) is 0 Å². The summed E-state index contributed by atoms with van der Waals surface area (Å²) in [7, 11) is 0. The van der Waals surface area contributed by atoms with E-state index in [1.807, 2.05) is 60.7 Å². The van der Waals surface area contributed by atoms with Crippen LogP contribution in [-0.2, 0) is 32.0 Å². The quantitative estimate of drug-likeness (QED) is 0.249. The Morgan fingerprint density at radius 1 is 0.714 bits per heavy atom. The van der Waals surface area contributed by atoms with Gasteiger partial charge in [-0.1, -0.05) is 60.7 Å². The largest absolute Gasteiger partial charge is 0.368 e. The fraction of sp³-hybridized carbons (Fsp3) is 0.385. The predicted molar refractivity (Wildman–Crippen MR) is 134 cm³/mol. The number of benzene rings is 2. The number of rotatable bonds is 14. The summed E-state index contributed by atoms with van der Waals surface area (Å²) in [5.41, 5.74) is 12.7. The zero-order valence-corrected chi connectivity index (χ0v) is 20.0. The highest BCUT2D eigenvalue weighted by atomic mass is 16.2. The first kappa shape index (κ1) is 27.5. The molecule has 188 valence electrons. The molecule has 4 amide bonds. The SMILES string of the molecule is CC(=O)N[C@@H](Cc1ccccc1)C(=O)N[C@@H](Cc1ccccc1)C(=O)N[C@@H](CCCCN)C(N)=O. The summed E-state index contributed by atoms with van der Waals surface area (Å²) in [5.74, 6) is -2.04. The van der Waals surface area contributed by atoms with Crippen molar-refractivity contribution in [3.8, 4) is 0 Å². The van der Waals surface area contributed by atoms with Crippen LogP contribution in [-0.4, -0.2) is 48.3 Å². The molecule has 9 heteroatoms. The molecule has 0 saturated heterocycles. The first-order chi connectivity index (χ1) is 16.8. The molecule has 0 aliphatic heterocycles. The fourth-order valence-corrected chi connectivity index (χ4v) is 3.69. The molecule has 0 unspecified atom stereocenters. The van der Waals surface area contributed by atoms with Crippen molar-refractivity contribution in [2.24, 2.45) is 11.5 Å². The second kappa shape index (κ2) is 14.5. The summed E-state index contributed by atoms with van der Waals surface area (Å²) in [5, 5.41) is 8.10. The molecule has 0 heterocycles. The highest BCUT2D eigenvalue weighted by Gasteiger charge is 2.29. The number of nitrogens with two attached hydrogens (primary N) is 2. The van der Waals surface area contributed by atoms with E-state index >= 15 is 0 Å². The standard InChI is InChI=1S/C26H35N5O4/c1-18(32)29-22(16-19-10-4-2-5-11-19)25(34)31-23(17-20-12-6-3-7-13-20)26(35)30-21(24(28)33)14-8-9-15-27/h2-7,10-13,21-23H,8-9,14-17,27H2,1H3,(H2,28,33)(H,29,32)(H,30,35)(H,31,34)/t21-,22-,23-/m0/s1. The monoisotopic (exact) mass is 481 g/mol. The van der Waals surface area contributed by atoms with Crippen LogP contribution in [0.4, 0.5) is 0 Å². The van der Waals surface area contributed by atoms with Crippen LogP contribution < -0.4 is 27.4 Å². The van der Waals surface area contributed by atoms with Gasteiger partial charge in [0.25, 0.3) is 0 Å². The third-order valence-corrected chi connectivity index (χ3v) is 5.50. The number of carbonyl (C=O) groups is 4. The molecule has 2 aromatic rings. The number of hydrogen-bond acceptors (Lipinski definition) is 5. The Bertz CT molecular complexity index is 968. The Kier molecular flexibility index (Phi) is 11.4. The lowest BCUT2D eigenvalue weighted by atomic mass is 10.0. The van der Waals surface area contributed by atoms with E-state index in [9.17, 15) is 19.2 Å². The Hall–Kier alpha value is -3.72.